The molecule has 0 aliphatic heterocycles. The zero-order valence-electron chi connectivity index (χ0n) is 7.61. The highest BCUT2D eigenvalue weighted by molar-refractivity contribution is 14.1. The highest BCUT2D eigenvalue weighted by atomic mass is 127. The first-order valence-corrected chi connectivity index (χ1v) is 5.19. The minimum atomic E-state index is -0.426. The number of hydrogen-bond donors (Lipinski definition) is 1. The van der Waals surface area contributed by atoms with Crippen LogP contribution in [0.2, 0.25) is 0 Å². The molecule has 1 atom stereocenters. The van der Waals surface area contributed by atoms with Crippen molar-refractivity contribution in [1.29, 1.82) is 0 Å². The Bertz CT molecular complexity index is 352. The molecule has 0 bridgehead atoms. The van der Waals surface area contributed by atoms with E-state index >= 15 is 0 Å². The summed E-state index contributed by atoms with van der Waals surface area (Å²) in [5, 5.41) is 19.6. The van der Waals surface area contributed by atoms with Crippen molar-refractivity contribution in [1.82, 2.24) is 0 Å². The molecule has 0 heterocycles. The predicted octanol–water partition coefficient (Wildman–Crippen LogP) is 2.12. The molecular formula is C9H10INO3. The quantitative estimate of drug-likeness (QED) is 0.528. The molecule has 14 heavy (non-hydrogen) atoms. The second-order valence-electron chi connectivity index (χ2n) is 3.09. The monoisotopic (exact) mass is 307 g/mol. The van der Waals surface area contributed by atoms with Crippen LogP contribution in [0.25, 0.3) is 0 Å². The number of aliphatic hydroxyl groups excluding tert-OH is 1. The molecule has 0 aromatic heterocycles. The molecule has 1 aromatic carbocycles. The van der Waals surface area contributed by atoms with Crippen molar-refractivity contribution in [2.75, 3.05) is 0 Å². The van der Waals surface area contributed by atoms with Gasteiger partial charge in [-0.05, 0) is 41.5 Å². The summed E-state index contributed by atoms with van der Waals surface area (Å²) in [6.45, 7) is 1.69. The SMILES string of the molecule is CC(O)Cc1ccc([N+](=O)[O-])cc1I. The number of benzene rings is 1. The van der Waals surface area contributed by atoms with Crippen molar-refractivity contribution in [2.24, 2.45) is 0 Å². The van der Waals surface area contributed by atoms with Crippen LogP contribution in [0, 0.1) is 13.7 Å². The smallest absolute Gasteiger partial charge is 0.270 e. The van der Waals surface area contributed by atoms with E-state index in [9.17, 15) is 15.2 Å². The Morgan fingerprint density at radius 2 is 2.29 bits per heavy atom. The second-order valence-corrected chi connectivity index (χ2v) is 4.25. The predicted molar refractivity (Wildman–Crippen MR) is 61.2 cm³/mol. The van der Waals surface area contributed by atoms with Crippen LogP contribution in [0.5, 0.6) is 0 Å². The molecule has 0 spiro atoms. The molecule has 1 unspecified atom stereocenters. The lowest BCUT2D eigenvalue weighted by Gasteiger charge is -2.06. The highest BCUT2D eigenvalue weighted by Gasteiger charge is 2.09. The van der Waals surface area contributed by atoms with Gasteiger partial charge in [0.05, 0.1) is 11.0 Å². The third-order valence-electron chi connectivity index (χ3n) is 1.76. The Balaban J connectivity index is 2.95. The van der Waals surface area contributed by atoms with Crippen LogP contribution < -0.4 is 0 Å². The molecule has 0 aliphatic rings. The van der Waals surface area contributed by atoms with Crippen LogP contribution in [0.1, 0.15) is 12.5 Å². The van der Waals surface area contributed by atoms with Gasteiger partial charge in [-0.1, -0.05) is 6.07 Å². The molecule has 1 rings (SSSR count). The van der Waals surface area contributed by atoms with Crippen molar-refractivity contribution >= 4 is 28.3 Å². The van der Waals surface area contributed by atoms with Crippen molar-refractivity contribution in [3.63, 3.8) is 0 Å². The van der Waals surface area contributed by atoms with E-state index in [4.69, 9.17) is 0 Å². The normalized spacial score (nSPS) is 12.5. The molecule has 1 aromatic rings. The van der Waals surface area contributed by atoms with Gasteiger partial charge in [0.15, 0.2) is 0 Å². The summed E-state index contributed by atoms with van der Waals surface area (Å²) in [6, 6.07) is 4.66. The van der Waals surface area contributed by atoms with E-state index in [0.717, 1.165) is 9.13 Å². The van der Waals surface area contributed by atoms with Gasteiger partial charge >= 0.3 is 0 Å². The lowest BCUT2D eigenvalue weighted by atomic mass is 10.1. The first-order chi connectivity index (χ1) is 6.50. The van der Waals surface area contributed by atoms with Gasteiger partial charge in [-0.2, -0.15) is 0 Å². The summed E-state index contributed by atoms with van der Waals surface area (Å²) in [4.78, 5) is 10.0. The molecule has 0 amide bonds. The van der Waals surface area contributed by atoms with E-state index < -0.39 is 11.0 Å². The summed E-state index contributed by atoms with van der Waals surface area (Å²) in [5.41, 5.74) is 1.02. The third-order valence-corrected chi connectivity index (χ3v) is 2.77. The topological polar surface area (TPSA) is 63.4 Å². The molecule has 0 saturated carbocycles. The molecule has 0 radical (unpaired) electrons. The number of halogens is 1. The maximum atomic E-state index is 10.4. The van der Waals surface area contributed by atoms with Crippen molar-refractivity contribution in [2.45, 2.75) is 19.4 Å². The van der Waals surface area contributed by atoms with Gasteiger partial charge in [0.1, 0.15) is 0 Å². The van der Waals surface area contributed by atoms with E-state index in [1.807, 2.05) is 22.6 Å². The zero-order chi connectivity index (χ0) is 10.7. The summed E-state index contributed by atoms with van der Waals surface area (Å²) in [6.07, 6.45) is 0.0981. The molecule has 76 valence electrons. The van der Waals surface area contributed by atoms with Crippen molar-refractivity contribution < 1.29 is 10.0 Å². The number of nitro benzene ring substituents is 1. The summed E-state index contributed by atoms with van der Waals surface area (Å²) < 4.78 is 0.817. The van der Waals surface area contributed by atoms with Crippen molar-refractivity contribution in [3.05, 3.63) is 37.4 Å². The van der Waals surface area contributed by atoms with Crippen molar-refractivity contribution in [3.8, 4) is 0 Å². The summed E-state index contributed by atoms with van der Waals surface area (Å²) >= 11 is 2.04. The average Bonchev–Trinajstić information content (AvgIpc) is 2.07. The van der Waals surface area contributed by atoms with Crippen LogP contribution in [0.15, 0.2) is 18.2 Å². The first-order valence-electron chi connectivity index (χ1n) is 4.11. The fourth-order valence-electron chi connectivity index (χ4n) is 1.13. The lowest BCUT2D eigenvalue weighted by molar-refractivity contribution is -0.385. The highest BCUT2D eigenvalue weighted by Crippen LogP contribution is 2.20. The molecule has 4 nitrogen and oxygen atoms in total. The van der Waals surface area contributed by atoms with E-state index in [-0.39, 0.29) is 5.69 Å². The van der Waals surface area contributed by atoms with E-state index in [2.05, 4.69) is 0 Å². The Morgan fingerprint density at radius 1 is 1.64 bits per heavy atom. The number of rotatable bonds is 3. The standard InChI is InChI=1S/C9H10INO3/c1-6(12)4-7-2-3-8(11(13)14)5-9(7)10/h2-3,5-6,12H,4H2,1H3. The number of nitro groups is 1. The fourth-order valence-corrected chi connectivity index (χ4v) is 1.85. The lowest BCUT2D eigenvalue weighted by Crippen LogP contribution is -2.05. The van der Waals surface area contributed by atoms with Gasteiger partial charge in [-0.25, -0.2) is 0 Å². The zero-order valence-corrected chi connectivity index (χ0v) is 9.76. The molecule has 5 heteroatoms. The Morgan fingerprint density at radius 3 is 2.71 bits per heavy atom. The van der Waals surface area contributed by atoms with E-state index in [1.165, 1.54) is 12.1 Å². The van der Waals surface area contributed by atoms with E-state index in [0.29, 0.717) is 6.42 Å². The minimum absolute atomic E-state index is 0.0868. The van der Waals surface area contributed by atoms with Gasteiger partial charge < -0.3 is 5.11 Å². The Kier molecular flexibility index (Phi) is 3.82. The van der Waals surface area contributed by atoms with Gasteiger partial charge in [0, 0.05) is 15.7 Å². The van der Waals surface area contributed by atoms with E-state index in [1.54, 1.807) is 13.0 Å². The fraction of sp³-hybridized carbons (Fsp3) is 0.333. The molecule has 0 aliphatic carbocycles. The van der Waals surface area contributed by atoms with Gasteiger partial charge in [0.25, 0.3) is 5.69 Å². The number of nitrogens with zero attached hydrogens (tertiary/aromatic N) is 1. The van der Waals surface area contributed by atoms with Gasteiger partial charge in [-0.3, -0.25) is 10.1 Å². The Labute approximate surface area is 95.2 Å². The maximum absolute atomic E-state index is 10.4. The van der Waals surface area contributed by atoms with Gasteiger partial charge in [0.2, 0.25) is 0 Å². The maximum Gasteiger partial charge on any atom is 0.270 e. The average molecular weight is 307 g/mol. The largest absolute Gasteiger partial charge is 0.393 e. The summed E-state index contributed by atoms with van der Waals surface area (Å²) in [7, 11) is 0. The minimum Gasteiger partial charge on any atom is -0.393 e. The Hall–Kier alpha value is -0.690. The van der Waals surface area contributed by atoms with Gasteiger partial charge in [-0.15, -0.1) is 0 Å². The third kappa shape index (κ3) is 2.91. The molecule has 0 saturated heterocycles. The first kappa shape index (κ1) is 11.4. The van der Waals surface area contributed by atoms with Crippen LogP contribution in [-0.4, -0.2) is 16.1 Å². The van der Waals surface area contributed by atoms with Crippen LogP contribution in [0.4, 0.5) is 5.69 Å². The van der Waals surface area contributed by atoms with Crippen LogP contribution in [0.3, 0.4) is 0 Å². The number of hydrogen-bond acceptors (Lipinski definition) is 3. The summed E-state index contributed by atoms with van der Waals surface area (Å²) in [5.74, 6) is 0. The number of aliphatic hydroxyl groups is 1. The molecular weight excluding hydrogens is 297 g/mol. The molecule has 1 N–H and O–H groups in total. The van der Waals surface area contributed by atoms with Crippen LogP contribution in [-0.2, 0) is 6.42 Å². The molecule has 0 fully saturated rings. The second kappa shape index (κ2) is 4.70. The van der Waals surface area contributed by atoms with Crippen LogP contribution >= 0.6 is 22.6 Å². The number of non-ortho nitro benzene ring substituents is 1.